The molecule has 0 saturated carbocycles. The van der Waals surface area contributed by atoms with Gasteiger partial charge in [-0.2, -0.15) is 0 Å². The van der Waals surface area contributed by atoms with Gasteiger partial charge in [-0.25, -0.2) is 0 Å². The van der Waals surface area contributed by atoms with E-state index in [0.717, 1.165) is 6.42 Å². The number of hydrogen-bond donors (Lipinski definition) is 2. The molecule has 0 radical (unpaired) electrons. The molecule has 4 nitrogen and oxygen atoms in total. The van der Waals surface area contributed by atoms with E-state index in [1.807, 2.05) is 0 Å². The predicted molar refractivity (Wildman–Crippen MR) is 84.6 cm³/mol. The topological polar surface area (TPSA) is 58.6 Å². The number of hydrogen-bond acceptors (Lipinski definition) is 3. The third kappa shape index (κ3) is 5.94. The number of aliphatic hydroxyl groups is 1. The van der Waals surface area contributed by atoms with Crippen LogP contribution in [0, 0.1) is 5.92 Å². The van der Waals surface area contributed by atoms with E-state index < -0.39 is 12.2 Å². The number of rotatable bonds is 7. The first-order valence-corrected chi connectivity index (χ1v) is 7.61. The molecule has 5 heteroatoms. The SMILES string of the molecule is CC(C)CCNC(=O)C(C)Oc1ccc(C(C)O)cc1Cl. The molecule has 2 unspecified atom stereocenters. The highest BCUT2D eigenvalue weighted by molar-refractivity contribution is 6.32. The molecule has 0 aliphatic carbocycles. The minimum absolute atomic E-state index is 0.161. The first-order valence-electron chi connectivity index (χ1n) is 7.23. The van der Waals surface area contributed by atoms with E-state index in [9.17, 15) is 9.90 Å². The second-order valence-electron chi connectivity index (χ2n) is 5.60. The average molecular weight is 314 g/mol. The van der Waals surface area contributed by atoms with Gasteiger partial charge in [-0.1, -0.05) is 31.5 Å². The Labute approximate surface area is 131 Å². The van der Waals surface area contributed by atoms with Gasteiger partial charge in [-0.05, 0) is 43.9 Å². The second kappa shape index (κ2) is 8.25. The first kappa shape index (κ1) is 17.8. The zero-order valence-corrected chi connectivity index (χ0v) is 13.8. The fourth-order valence-electron chi connectivity index (χ4n) is 1.74. The molecule has 1 aromatic rings. The molecule has 0 aliphatic heterocycles. The standard InChI is InChI=1S/C16H24ClNO3/c1-10(2)7-8-18-16(20)12(4)21-15-6-5-13(11(3)19)9-14(15)17/h5-6,9-12,19H,7-8H2,1-4H3,(H,18,20). The van der Waals surface area contributed by atoms with Crippen LogP contribution in [0.4, 0.5) is 0 Å². The quantitative estimate of drug-likeness (QED) is 0.812. The van der Waals surface area contributed by atoms with Crippen molar-refractivity contribution in [1.29, 1.82) is 0 Å². The van der Waals surface area contributed by atoms with Gasteiger partial charge in [0.25, 0.3) is 5.91 Å². The van der Waals surface area contributed by atoms with Crippen molar-refractivity contribution in [3.8, 4) is 5.75 Å². The van der Waals surface area contributed by atoms with Crippen LogP contribution in [0.3, 0.4) is 0 Å². The molecule has 0 spiro atoms. The molecule has 1 aromatic carbocycles. The number of nitrogens with one attached hydrogen (secondary N) is 1. The van der Waals surface area contributed by atoms with Gasteiger partial charge in [0, 0.05) is 6.54 Å². The largest absolute Gasteiger partial charge is 0.479 e. The Kier molecular flexibility index (Phi) is 6.99. The van der Waals surface area contributed by atoms with Gasteiger partial charge in [0.1, 0.15) is 5.75 Å². The van der Waals surface area contributed by atoms with Gasteiger partial charge in [-0.3, -0.25) is 4.79 Å². The van der Waals surface area contributed by atoms with E-state index in [0.29, 0.717) is 28.8 Å². The summed E-state index contributed by atoms with van der Waals surface area (Å²) in [4.78, 5) is 11.9. The van der Waals surface area contributed by atoms with Crippen LogP contribution < -0.4 is 10.1 Å². The molecule has 1 rings (SSSR count). The van der Waals surface area contributed by atoms with Gasteiger partial charge in [0.2, 0.25) is 0 Å². The summed E-state index contributed by atoms with van der Waals surface area (Å²) < 4.78 is 5.57. The Morgan fingerprint density at radius 3 is 2.52 bits per heavy atom. The Balaban J connectivity index is 2.58. The lowest BCUT2D eigenvalue weighted by molar-refractivity contribution is -0.127. The van der Waals surface area contributed by atoms with Crippen LogP contribution in [0.25, 0.3) is 0 Å². The van der Waals surface area contributed by atoms with Crippen LogP contribution in [-0.2, 0) is 4.79 Å². The van der Waals surface area contributed by atoms with E-state index in [1.165, 1.54) is 0 Å². The van der Waals surface area contributed by atoms with Crippen molar-refractivity contribution in [2.75, 3.05) is 6.54 Å². The van der Waals surface area contributed by atoms with Crippen LogP contribution in [0.15, 0.2) is 18.2 Å². The fraction of sp³-hybridized carbons (Fsp3) is 0.562. The third-order valence-corrected chi connectivity index (χ3v) is 3.43. The minimum atomic E-state index is -0.618. The Hall–Kier alpha value is -1.26. The third-order valence-electron chi connectivity index (χ3n) is 3.13. The number of amides is 1. The maximum absolute atomic E-state index is 11.9. The minimum Gasteiger partial charge on any atom is -0.479 e. The summed E-state index contributed by atoms with van der Waals surface area (Å²) in [6.45, 7) is 8.20. The van der Waals surface area contributed by atoms with Crippen LogP contribution in [0.1, 0.15) is 45.8 Å². The summed E-state index contributed by atoms with van der Waals surface area (Å²) in [6, 6.07) is 5.04. The zero-order chi connectivity index (χ0) is 16.0. The highest BCUT2D eigenvalue weighted by Gasteiger charge is 2.16. The summed E-state index contributed by atoms with van der Waals surface area (Å²) in [5.74, 6) is 0.822. The molecule has 1 amide bonds. The lowest BCUT2D eigenvalue weighted by Crippen LogP contribution is -2.37. The summed E-state index contributed by atoms with van der Waals surface area (Å²) in [5, 5.41) is 12.7. The monoisotopic (exact) mass is 313 g/mol. The molecule has 2 atom stereocenters. The smallest absolute Gasteiger partial charge is 0.260 e. The van der Waals surface area contributed by atoms with Crippen LogP contribution in [0.5, 0.6) is 5.75 Å². The van der Waals surface area contributed by atoms with Crippen molar-refractivity contribution in [1.82, 2.24) is 5.32 Å². The summed E-state index contributed by atoms with van der Waals surface area (Å²) >= 11 is 6.10. The van der Waals surface area contributed by atoms with Crippen molar-refractivity contribution in [3.63, 3.8) is 0 Å². The van der Waals surface area contributed by atoms with Crippen molar-refractivity contribution >= 4 is 17.5 Å². The molecule has 0 aromatic heterocycles. The van der Waals surface area contributed by atoms with E-state index >= 15 is 0 Å². The van der Waals surface area contributed by atoms with Gasteiger partial charge < -0.3 is 15.2 Å². The number of ether oxygens (including phenoxy) is 1. The second-order valence-corrected chi connectivity index (χ2v) is 6.01. The molecule has 0 saturated heterocycles. The lowest BCUT2D eigenvalue weighted by Gasteiger charge is -2.17. The van der Waals surface area contributed by atoms with Gasteiger partial charge in [-0.15, -0.1) is 0 Å². The van der Waals surface area contributed by atoms with Crippen molar-refractivity contribution < 1.29 is 14.6 Å². The van der Waals surface area contributed by atoms with Gasteiger partial charge in [0.05, 0.1) is 11.1 Å². The van der Waals surface area contributed by atoms with Crippen molar-refractivity contribution in [2.45, 2.75) is 46.3 Å². The number of aliphatic hydroxyl groups excluding tert-OH is 1. The number of carbonyl (C=O) groups is 1. The number of carbonyl (C=O) groups excluding carboxylic acids is 1. The molecule has 21 heavy (non-hydrogen) atoms. The van der Waals surface area contributed by atoms with Crippen LogP contribution in [0.2, 0.25) is 5.02 Å². The molecule has 0 heterocycles. The molecule has 0 bridgehead atoms. The maximum Gasteiger partial charge on any atom is 0.260 e. The molecule has 2 N–H and O–H groups in total. The Bertz CT molecular complexity index is 475. The number of halogens is 1. The predicted octanol–water partition coefficient (Wildman–Crippen LogP) is 3.32. The van der Waals surface area contributed by atoms with Crippen LogP contribution >= 0.6 is 11.6 Å². The van der Waals surface area contributed by atoms with Gasteiger partial charge >= 0.3 is 0 Å². The Morgan fingerprint density at radius 1 is 1.33 bits per heavy atom. The summed E-state index contributed by atoms with van der Waals surface area (Å²) in [7, 11) is 0. The summed E-state index contributed by atoms with van der Waals surface area (Å²) in [5.41, 5.74) is 0.710. The number of benzene rings is 1. The van der Waals surface area contributed by atoms with E-state index in [2.05, 4.69) is 19.2 Å². The van der Waals surface area contributed by atoms with Crippen LogP contribution in [-0.4, -0.2) is 23.7 Å². The van der Waals surface area contributed by atoms with Gasteiger partial charge in [0.15, 0.2) is 6.10 Å². The first-order chi connectivity index (χ1) is 9.81. The summed E-state index contributed by atoms with van der Waals surface area (Å²) in [6.07, 6.45) is -0.275. The molecular formula is C16H24ClNO3. The molecule has 118 valence electrons. The lowest BCUT2D eigenvalue weighted by atomic mass is 10.1. The van der Waals surface area contributed by atoms with Crippen molar-refractivity contribution in [2.24, 2.45) is 5.92 Å². The maximum atomic E-state index is 11.9. The molecular weight excluding hydrogens is 290 g/mol. The fourth-order valence-corrected chi connectivity index (χ4v) is 1.98. The van der Waals surface area contributed by atoms with E-state index in [1.54, 1.807) is 32.0 Å². The highest BCUT2D eigenvalue weighted by Crippen LogP contribution is 2.28. The Morgan fingerprint density at radius 2 is 2.00 bits per heavy atom. The normalized spacial score (nSPS) is 13.9. The van der Waals surface area contributed by atoms with Crippen molar-refractivity contribution in [3.05, 3.63) is 28.8 Å². The molecule has 0 fully saturated rings. The van der Waals surface area contributed by atoms with E-state index in [4.69, 9.17) is 16.3 Å². The molecule has 0 aliphatic rings. The highest BCUT2D eigenvalue weighted by atomic mass is 35.5. The average Bonchev–Trinajstić information content (AvgIpc) is 2.40. The van der Waals surface area contributed by atoms with E-state index in [-0.39, 0.29) is 5.91 Å². The zero-order valence-electron chi connectivity index (χ0n) is 13.0.